The lowest BCUT2D eigenvalue weighted by Gasteiger charge is -2.33. The van der Waals surface area contributed by atoms with E-state index in [1.54, 1.807) is 0 Å². The van der Waals surface area contributed by atoms with Crippen LogP contribution >= 0.6 is 0 Å². The van der Waals surface area contributed by atoms with Crippen molar-refractivity contribution in [2.75, 3.05) is 33.8 Å². The molecule has 4 heteroatoms. The molecule has 2 heterocycles. The van der Waals surface area contributed by atoms with Crippen LogP contribution in [-0.4, -0.2) is 50.2 Å². The van der Waals surface area contributed by atoms with Crippen LogP contribution in [0.2, 0.25) is 0 Å². The number of hydrogen-bond acceptors (Lipinski definition) is 4. The third-order valence-electron chi connectivity index (χ3n) is 4.39. The molecule has 0 aliphatic carbocycles. The minimum atomic E-state index is -0.463. The van der Waals surface area contributed by atoms with E-state index in [0.29, 0.717) is 5.92 Å². The second kappa shape index (κ2) is 4.94. The van der Waals surface area contributed by atoms with Gasteiger partial charge in [0.15, 0.2) is 0 Å². The fourth-order valence-corrected chi connectivity index (χ4v) is 3.33. The summed E-state index contributed by atoms with van der Waals surface area (Å²) in [6.07, 6.45) is 3.50. The highest BCUT2D eigenvalue weighted by Gasteiger charge is 2.44. The first-order valence-corrected chi connectivity index (χ1v) is 6.57. The molecule has 0 radical (unpaired) electrons. The SMILES string of the molecule is COC(=O)C1(C)CC(C2CCCN(C)C2)CN1. The monoisotopic (exact) mass is 240 g/mol. The number of methoxy groups -OCH3 is 1. The Hall–Kier alpha value is -0.610. The van der Waals surface area contributed by atoms with Crippen molar-refractivity contribution < 1.29 is 9.53 Å². The lowest BCUT2D eigenvalue weighted by molar-refractivity contribution is -0.147. The molecule has 17 heavy (non-hydrogen) atoms. The highest BCUT2D eigenvalue weighted by Crippen LogP contribution is 2.34. The van der Waals surface area contributed by atoms with E-state index in [4.69, 9.17) is 4.74 Å². The molecule has 0 aromatic heterocycles. The van der Waals surface area contributed by atoms with E-state index < -0.39 is 5.54 Å². The minimum absolute atomic E-state index is 0.121. The molecule has 4 nitrogen and oxygen atoms in total. The quantitative estimate of drug-likeness (QED) is 0.727. The molecule has 0 saturated carbocycles. The smallest absolute Gasteiger partial charge is 0.325 e. The Morgan fingerprint density at radius 3 is 2.88 bits per heavy atom. The molecule has 2 saturated heterocycles. The Morgan fingerprint density at radius 2 is 2.24 bits per heavy atom. The summed E-state index contributed by atoms with van der Waals surface area (Å²) in [5.41, 5.74) is -0.463. The molecular formula is C13H24N2O2. The molecule has 2 aliphatic rings. The maximum Gasteiger partial charge on any atom is 0.325 e. The van der Waals surface area contributed by atoms with E-state index >= 15 is 0 Å². The lowest BCUT2D eigenvalue weighted by Crippen LogP contribution is -2.45. The number of ether oxygens (including phenoxy) is 1. The molecule has 0 spiro atoms. The van der Waals surface area contributed by atoms with Gasteiger partial charge in [-0.2, -0.15) is 0 Å². The second-order valence-corrected chi connectivity index (χ2v) is 5.83. The van der Waals surface area contributed by atoms with Gasteiger partial charge in [-0.05, 0) is 58.2 Å². The van der Waals surface area contributed by atoms with Crippen LogP contribution in [0.5, 0.6) is 0 Å². The number of nitrogens with zero attached hydrogens (tertiary/aromatic N) is 1. The predicted molar refractivity (Wildman–Crippen MR) is 66.8 cm³/mol. The summed E-state index contributed by atoms with van der Waals surface area (Å²) in [6.45, 7) is 5.30. The number of carbonyl (C=O) groups is 1. The average molecular weight is 240 g/mol. The fraction of sp³-hybridized carbons (Fsp3) is 0.923. The van der Waals surface area contributed by atoms with Crippen molar-refractivity contribution in [2.45, 2.75) is 31.7 Å². The van der Waals surface area contributed by atoms with Crippen molar-refractivity contribution in [2.24, 2.45) is 11.8 Å². The van der Waals surface area contributed by atoms with Gasteiger partial charge in [-0.15, -0.1) is 0 Å². The molecule has 0 bridgehead atoms. The summed E-state index contributed by atoms with van der Waals surface area (Å²) in [5.74, 6) is 1.22. The summed E-state index contributed by atoms with van der Waals surface area (Å²) in [4.78, 5) is 14.1. The molecule has 0 aromatic rings. The molecule has 1 N–H and O–H groups in total. The zero-order chi connectivity index (χ0) is 12.5. The molecular weight excluding hydrogens is 216 g/mol. The molecule has 2 aliphatic heterocycles. The molecule has 3 unspecified atom stereocenters. The van der Waals surface area contributed by atoms with Crippen LogP contribution in [0.3, 0.4) is 0 Å². The average Bonchev–Trinajstić information content (AvgIpc) is 2.72. The van der Waals surface area contributed by atoms with Gasteiger partial charge < -0.3 is 15.0 Å². The number of carbonyl (C=O) groups excluding carboxylic acids is 1. The lowest BCUT2D eigenvalue weighted by atomic mass is 9.81. The molecule has 2 rings (SSSR count). The predicted octanol–water partition coefficient (Wildman–Crippen LogP) is 0.869. The van der Waals surface area contributed by atoms with E-state index in [0.717, 1.165) is 18.9 Å². The number of esters is 1. The number of hydrogen-bond donors (Lipinski definition) is 1. The van der Waals surface area contributed by atoms with Gasteiger partial charge in [0, 0.05) is 6.54 Å². The van der Waals surface area contributed by atoms with Crippen LogP contribution in [-0.2, 0) is 9.53 Å². The van der Waals surface area contributed by atoms with Crippen LogP contribution in [0.1, 0.15) is 26.2 Å². The van der Waals surface area contributed by atoms with Gasteiger partial charge in [0.25, 0.3) is 0 Å². The van der Waals surface area contributed by atoms with Crippen LogP contribution in [0.4, 0.5) is 0 Å². The number of nitrogens with one attached hydrogen (secondary N) is 1. The molecule has 3 atom stereocenters. The normalized spacial score (nSPS) is 39.2. The second-order valence-electron chi connectivity index (χ2n) is 5.83. The van der Waals surface area contributed by atoms with Crippen LogP contribution in [0, 0.1) is 11.8 Å². The Morgan fingerprint density at radius 1 is 1.47 bits per heavy atom. The maximum atomic E-state index is 11.7. The van der Waals surface area contributed by atoms with E-state index in [-0.39, 0.29) is 5.97 Å². The molecule has 2 fully saturated rings. The molecule has 0 amide bonds. The Labute approximate surface area is 104 Å². The largest absolute Gasteiger partial charge is 0.468 e. The first-order chi connectivity index (χ1) is 8.05. The Bertz CT molecular complexity index is 295. The highest BCUT2D eigenvalue weighted by atomic mass is 16.5. The van der Waals surface area contributed by atoms with Crippen LogP contribution in [0.25, 0.3) is 0 Å². The molecule has 0 aromatic carbocycles. The van der Waals surface area contributed by atoms with Gasteiger partial charge in [-0.1, -0.05) is 0 Å². The fourth-order valence-electron chi connectivity index (χ4n) is 3.33. The van der Waals surface area contributed by atoms with Gasteiger partial charge in [0.1, 0.15) is 5.54 Å². The van der Waals surface area contributed by atoms with Crippen molar-refractivity contribution in [1.29, 1.82) is 0 Å². The summed E-state index contributed by atoms with van der Waals surface area (Å²) in [7, 11) is 3.66. The van der Waals surface area contributed by atoms with Crippen LogP contribution in [0.15, 0.2) is 0 Å². The number of piperidine rings is 1. The third-order valence-corrected chi connectivity index (χ3v) is 4.39. The van der Waals surface area contributed by atoms with Crippen molar-refractivity contribution in [3.05, 3.63) is 0 Å². The van der Waals surface area contributed by atoms with Gasteiger partial charge in [0.05, 0.1) is 7.11 Å². The van der Waals surface area contributed by atoms with Crippen molar-refractivity contribution in [3.8, 4) is 0 Å². The zero-order valence-corrected chi connectivity index (χ0v) is 11.2. The van der Waals surface area contributed by atoms with Gasteiger partial charge in [-0.3, -0.25) is 4.79 Å². The Balaban J connectivity index is 1.95. The minimum Gasteiger partial charge on any atom is -0.468 e. The van der Waals surface area contributed by atoms with E-state index in [9.17, 15) is 4.79 Å². The highest BCUT2D eigenvalue weighted by molar-refractivity contribution is 5.80. The summed E-state index contributed by atoms with van der Waals surface area (Å²) in [5, 5.41) is 3.35. The van der Waals surface area contributed by atoms with Gasteiger partial charge in [0.2, 0.25) is 0 Å². The topological polar surface area (TPSA) is 41.6 Å². The standard InChI is InChI=1S/C13H24N2O2/c1-13(12(16)17-3)7-11(8-14-13)10-5-4-6-15(2)9-10/h10-11,14H,4-9H2,1-3H3. The maximum absolute atomic E-state index is 11.7. The van der Waals surface area contributed by atoms with Crippen molar-refractivity contribution >= 4 is 5.97 Å². The molecule has 98 valence electrons. The first kappa shape index (κ1) is 12.8. The van der Waals surface area contributed by atoms with E-state index in [2.05, 4.69) is 17.3 Å². The summed E-state index contributed by atoms with van der Waals surface area (Å²) in [6, 6.07) is 0. The van der Waals surface area contributed by atoms with E-state index in [1.165, 1.54) is 33.0 Å². The third kappa shape index (κ3) is 2.63. The number of rotatable bonds is 2. The van der Waals surface area contributed by atoms with Crippen molar-refractivity contribution in [1.82, 2.24) is 10.2 Å². The van der Waals surface area contributed by atoms with Gasteiger partial charge >= 0.3 is 5.97 Å². The number of likely N-dealkylation sites (tertiary alicyclic amines) is 1. The first-order valence-electron chi connectivity index (χ1n) is 6.57. The van der Waals surface area contributed by atoms with E-state index in [1.807, 2.05) is 6.92 Å². The van der Waals surface area contributed by atoms with Crippen molar-refractivity contribution in [3.63, 3.8) is 0 Å². The van der Waals surface area contributed by atoms with Crippen LogP contribution < -0.4 is 5.32 Å². The summed E-state index contributed by atoms with van der Waals surface area (Å²) >= 11 is 0. The Kier molecular flexibility index (Phi) is 3.73. The summed E-state index contributed by atoms with van der Waals surface area (Å²) < 4.78 is 4.88. The zero-order valence-electron chi connectivity index (χ0n) is 11.2. The van der Waals surface area contributed by atoms with Gasteiger partial charge in [-0.25, -0.2) is 0 Å².